The van der Waals surface area contributed by atoms with Gasteiger partial charge >= 0.3 is 0 Å². The molecule has 0 saturated carbocycles. The topological polar surface area (TPSA) is 80.6 Å². The maximum absolute atomic E-state index is 7.51. The van der Waals surface area contributed by atoms with Crippen molar-refractivity contribution in [3.05, 3.63) is 35.1 Å². The van der Waals surface area contributed by atoms with Crippen molar-refractivity contribution in [2.75, 3.05) is 0 Å². The highest BCUT2D eigenvalue weighted by Gasteiger charge is 2.10. The Labute approximate surface area is 107 Å². The number of nitrogens with one attached hydrogen (secondary N) is 1. The molecule has 0 amide bonds. The molecule has 7 heteroatoms. The van der Waals surface area contributed by atoms with Crippen LogP contribution in [0.1, 0.15) is 5.56 Å². The summed E-state index contributed by atoms with van der Waals surface area (Å²) in [6.07, 6.45) is 1.47. The Balaban J connectivity index is 2.41. The zero-order valence-corrected chi connectivity index (χ0v) is 10.6. The number of benzene rings is 1. The van der Waals surface area contributed by atoms with Crippen LogP contribution in [0.2, 0.25) is 5.02 Å². The van der Waals surface area contributed by atoms with Gasteiger partial charge in [-0.3, -0.25) is 5.41 Å². The van der Waals surface area contributed by atoms with Gasteiger partial charge in [-0.2, -0.15) is 5.10 Å². The molecule has 0 fully saturated rings. The summed E-state index contributed by atoms with van der Waals surface area (Å²) in [5.41, 5.74) is 6.16. The Morgan fingerprint density at radius 2 is 2.29 bits per heavy atom. The van der Waals surface area contributed by atoms with Crippen molar-refractivity contribution in [2.45, 2.75) is 10.1 Å². The number of amidine groups is 1. The van der Waals surface area contributed by atoms with Crippen molar-refractivity contribution < 1.29 is 0 Å². The van der Waals surface area contributed by atoms with Crippen molar-refractivity contribution in [3.63, 3.8) is 0 Å². The van der Waals surface area contributed by atoms with Gasteiger partial charge in [0.15, 0.2) is 5.16 Å². The Bertz CT molecular complexity index is 566. The van der Waals surface area contributed by atoms with Crippen molar-refractivity contribution in [3.8, 4) is 0 Å². The molecule has 2 rings (SSSR count). The van der Waals surface area contributed by atoms with Crippen LogP contribution in [-0.2, 0) is 7.05 Å². The molecule has 3 N–H and O–H groups in total. The average Bonchev–Trinajstić information content (AvgIpc) is 2.64. The molecule has 0 atom stereocenters. The highest BCUT2D eigenvalue weighted by Crippen LogP contribution is 2.30. The fourth-order valence-corrected chi connectivity index (χ4v) is 2.47. The van der Waals surface area contributed by atoms with E-state index < -0.39 is 0 Å². The highest BCUT2D eigenvalue weighted by atomic mass is 35.5. The molecule has 0 unspecified atom stereocenters. The Kier molecular flexibility index (Phi) is 3.35. The largest absolute Gasteiger partial charge is 0.384 e. The van der Waals surface area contributed by atoms with Crippen LogP contribution in [0.4, 0.5) is 0 Å². The molecule has 17 heavy (non-hydrogen) atoms. The van der Waals surface area contributed by atoms with Gasteiger partial charge in [-0.15, -0.1) is 0 Å². The molecular formula is C10H10ClN5S. The van der Waals surface area contributed by atoms with Crippen LogP contribution >= 0.6 is 23.4 Å². The second kappa shape index (κ2) is 4.77. The summed E-state index contributed by atoms with van der Waals surface area (Å²) >= 11 is 7.31. The first-order valence-corrected chi connectivity index (χ1v) is 5.93. The second-order valence-electron chi connectivity index (χ2n) is 3.32. The average molecular weight is 268 g/mol. The minimum absolute atomic E-state index is 0.00587. The third-order valence-corrected chi connectivity index (χ3v) is 3.45. The smallest absolute Gasteiger partial charge is 0.190 e. The van der Waals surface area contributed by atoms with E-state index in [2.05, 4.69) is 10.1 Å². The van der Waals surface area contributed by atoms with Crippen LogP contribution in [0.5, 0.6) is 0 Å². The number of nitrogens with zero attached hydrogens (tertiary/aromatic N) is 3. The van der Waals surface area contributed by atoms with E-state index in [0.717, 1.165) is 10.1 Å². The van der Waals surface area contributed by atoms with E-state index in [1.807, 2.05) is 0 Å². The molecule has 88 valence electrons. The molecule has 1 heterocycles. The quantitative estimate of drug-likeness (QED) is 0.657. The van der Waals surface area contributed by atoms with Gasteiger partial charge in [-0.05, 0) is 30.0 Å². The van der Waals surface area contributed by atoms with Crippen LogP contribution < -0.4 is 5.73 Å². The second-order valence-corrected chi connectivity index (χ2v) is 4.77. The summed E-state index contributed by atoms with van der Waals surface area (Å²) in [4.78, 5) is 4.89. The number of aromatic nitrogens is 3. The minimum Gasteiger partial charge on any atom is -0.384 e. The highest BCUT2D eigenvalue weighted by molar-refractivity contribution is 7.99. The van der Waals surface area contributed by atoms with Crippen molar-refractivity contribution >= 4 is 29.2 Å². The molecule has 1 aromatic carbocycles. The first kappa shape index (κ1) is 11.9. The standard InChI is InChI=1S/C10H10ClN5S/c1-16-10(14-5-15-16)17-8-4-6(11)2-3-7(8)9(12)13/h2-5H,1H3,(H3,12,13). The molecule has 0 aliphatic heterocycles. The number of hydrogen-bond donors (Lipinski definition) is 2. The van der Waals surface area contributed by atoms with Gasteiger partial charge in [0.1, 0.15) is 12.2 Å². The monoisotopic (exact) mass is 267 g/mol. The molecule has 0 spiro atoms. The number of rotatable bonds is 3. The van der Waals surface area contributed by atoms with Crippen LogP contribution in [0.3, 0.4) is 0 Å². The molecule has 0 saturated heterocycles. The molecule has 0 aliphatic carbocycles. The van der Waals surface area contributed by atoms with E-state index in [1.165, 1.54) is 18.1 Å². The molecule has 5 nitrogen and oxygen atoms in total. The molecule has 2 aromatic rings. The fraction of sp³-hybridized carbons (Fsp3) is 0.100. The van der Waals surface area contributed by atoms with E-state index in [0.29, 0.717) is 10.6 Å². The van der Waals surface area contributed by atoms with E-state index in [4.69, 9.17) is 22.7 Å². The van der Waals surface area contributed by atoms with Gasteiger partial charge in [0, 0.05) is 22.5 Å². The fourth-order valence-electron chi connectivity index (χ4n) is 1.28. The minimum atomic E-state index is 0.00587. The number of nitrogens with two attached hydrogens (primary N) is 1. The van der Waals surface area contributed by atoms with Crippen LogP contribution in [0.15, 0.2) is 34.6 Å². The van der Waals surface area contributed by atoms with Crippen LogP contribution in [0, 0.1) is 5.41 Å². The van der Waals surface area contributed by atoms with Gasteiger partial charge in [-0.1, -0.05) is 11.6 Å². The van der Waals surface area contributed by atoms with Crippen molar-refractivity contribution in [1.29, 1.82) is 5.41 Å². The predicted molar refractivity (Wildman–Crippen MR) is 67.6 cm³/mol. The zero-order chi connectivity index (χ0) is 12.4. The normalized spacial score (nSPS) is 10.5. The molecular weight excluding hydrogens is 258 g/mol. The van der Waals surface area contributed by atoms with E-state index in [9.17, 15) is 0 Å². The van der Waals surface area contributed by atoms with Crippen LogP contribution in [-0.4, -0.2) is 20.6 Å². The Morgan fingerprint density at radius 3 is 2.88 bits per heavy atom. The number of hydrogen-bond acceptors (Lipinski definition) is 4. The van der Waals surface area contributed by atoms with Crippen molar-refractivity contribution in [2.24, 2.45) is 12.8 Å². The first-order chi connectivity index (χ1) is 8.08. The molecule has 0 radical (unpaired) electrons. The zero-order valence-electron chi connectivity index (χ0n) is 9.01. The van der Waals surface area contributed by atoms with E-state index in [1.54, 1.807) is 29.9 Å². The van der Waals surface area contributed by atoms with Gasteiger partial charge in [0.05, 0.1) is 0 Å². The molecule has 0 bridgehead atoms. The third kappa shape index (κ3) is 2.59. The maximum atomic E-state index is 7.51. The summed E-state index contributed by atoms with van der Waals surface area (Å²) in [6.45, 7) is 0. The van der Waals surface area contributed by atoms with Gasteiger partial charge in [0.2, 0.25) is 0 Å². The van der Waals surface area contributed by atoms with Crippen LogP contribution in [0.25, 0.3) is 0 Å². The maximum Gasteiger partial charge on any atom is 0.190 e. The predicted octanol–water partition coefficient (Wildman–Crippen LogP) is 1.90. The number of halogens is 1. The third-order valence-electron chi connectivity index (χ3n) is 2.10. The lowest BCUT2D eigenvalue weighted by atomic mass is 10.2. The summed E-state index contributed by atoms with van der Waals surface area (Å²) in [6, 6.07) is 5.19. The van der Waals surface area contributed by atoms with Gasteiger partial charge < -0.3 is 5.73 Å². The van der Waals surface area contributed by atoms with Crippen molar-refractivity contribution in [1.82, 2.24) is 14.8 Å². The molecule has 1 aromatic heterocycles. The summed E-state index contributed by atoms with van der Waals surface area (Å²) in [5.74, 6) is 0.00587. The lowest BCUT2D eigenvalue weighted by molar-refractivity contribution is 0.685. The van der Waals surface area contributed by atoms with E-state index >= 15 is 0 Å². The summed E-state index contributed by atoms with van der Waals surface area (Å²) in [7, 11) is 1.80. The lowest BCUT2D eigenvalue weighted by Crippen LogP contribution is -2.12. The van der Waals surface area contributed by atoms with Gasteiger partial charge in [0.25, 0.3) is 0 Å². The first-order valence-electron chi connectivity index (χ1n) is 4.73. The van der Waals surface area contributed by atoms with Gasteiger partial charge in [-0.25, -0.2) is 9.67 Å². The molecule has 0 aliphatic rings. The van der Waals surface area contributed by atoms with E-state index in [-0.39, 0.29) is 5.84 Å². The summed E-state index contributed by atoms with van der Waals surface area (Å²) < 4.78 is 1.65. The lowest BCUT2D eigenvalue weighted by Gasteiger charge is -2.07. The Morgan fingerprint density at radius 1 is 1.53 bits per heavy atom. The number of aryl methyl sites for hydroxylation is 1. The SMILES string of the molecule is Cn1ncnc1Sc1cc(Cl)ccc1C(=N)N. The summed E-state index contributed by atoms with van der Waals surface area (Å²) in [5, 5.41) is 12.8. The Hall–Kier alpha value is -1.53. The number of nitrogen functional groups attached to an aromatic ring is 1.